The third kappa shape index (κ3) is 3.81. The summed E-state index contributed by atoms with van der Waals surface area (Å²) in [5.41, 5.74) is -0.0778. The molecule has 5 nitrogen and oxygen atoms in total. The number of thiazole rings is 1. The summed E-state index contributed by atoms with van der Waals surface area (Å²) >= 11 is 1.33. The molecule has 0 aromatic carbocycles. The van der Waals surface area contributed by atoms with Crippen LogP contribution < -0.4 is 5.32 Å². The zero-order valence-corrected chi connectivity index (χ0v) is 11.2. The molecule has 17 heavy (non-hydrogen) atoms. The average Bonchev–Trinajstić information content (AvgIpc) is 2.74. The number of carbonyl (C=O) groups is 2. The maximum atomic E-state index is 11.7. The molecule has 0 saturated carbocycles. The van der Waals surface area contributed by atoms with E-state index in [1.165, 1.54) is 24.6 Å². The summed E-state index contributed by atoms with van der Waals surface area (Å²) < 4.78 is 4.43. The third-order valence-electron chi connectivity index (χ3n) is 1.99. The smallest absolute Gasteiger partial charge is 0.325 e. The molecule has 1 rings (SSSR count). The Labute approximate surface area is 104 Å². The molecular weight excluding hydrogens is 240 g/mol. The topological polar surface area (TPSA) is 68.3 Å². The van der Waals surface area contributed by atoms with Gasteiger partial charge in [0.05, 0.1) is 18.3 Å². The predicted molar refractivity (Wildman–Crippen MR) is 65.2 cm³/mol. The van der Waals surface area contributed by atoms with Crippen LogP contribution in [0.3, 0.4) is 0 Å². The van der Waals surface area contributed by atoms with Gasteiger partial charge in [-0.1, -0.05) is 20.8 Å². The van der Waals surface area contributed by atoms with Gasteiger partial charge in [-0.05, 0) is 0 Å². The Morgan fingerprint density at radius 2 is 2.12 bits per heavy atom. The number of carbonyl (C=O) groups excluding carboxylic acids is 2. The van der Waals surface area contributed by atoms with Gasteiger partial charge < -0.3 is 10.1 Å². The van der Waals surface area contributed by atoms with Crippen molar-refractivity contribution in [2.24, 2.45) is 0 Å². The van der Waals surface area contributed by atoms with Gasteiger partial charge in [0.15, 0.2) is 0 Å². The lowest BCUT2D eigenvalue weighted by Gasteiger charge is -2.13. The van der Waals surface area contributed by atoms with Gasteiger partial charge in [-0.3, -0.25) is 9.59 Å². The third-order valence-corrected chi connectivity index (χ3v) is 3.41. The Balaban J connectivity index is 2.65. The van der Waals surface area contributed by atoms with Crippen molar-refractivity contribution in [3.63, 3.8) is 0 Å². The fourth-order valence-electron chi connectivity index (χ4n) is 1.04. The molecule has 1 aromatic rings. The van der Waals surface area contributed by atoms with E-state index in [-0.39, 0.29) is 17.9 Å². The van der Waals surface area contributed by atoms with Crippen molar-refractivity contribution >= 4 is 23.2 Å². The number of esters is 1. The lowest BCUT2D eigenvalue weighted by molar-refractivity contribution is -0.139. The van der Waals surface area contributed by atoms with Crippen molar-refractivity contribution in [1.82, 2.24) is 10.3 Å². The van der Waals surface area contributed by atoms with Crippen molar-refractivity contribution < 1.29 is 14.3 Å². The highest BCUT2D eigenvalue weighted by atomic mass is 32.1. The molecule has 0 aliphatic rings. The van der Waals surface area contributed by atoms with Crippen molar-refractivity contribution in [3.8, 4) is 0 Å². The minimum atomic E-state index is -0.473. The molecule has 0 atom stereocenters. The summed E-state index contributed by atoms with van der Waals surface area (Å²) in [6, 6.07) is 0. The quantitative estimate of drug-likeness (QED) is 0.829. The van der Waals surface area contributed by atoms with Crippen LogP contribution in [0, 0.1) is 0 Å². The summed E-state index contributed by atoms with van der Waals surface area (Å²) in [7, 11) is 1.28. The molecule has 0 saturated heterocycles. The van der Waals surface area contributed by atoms with Crippen LogP contribution in [0.15, 0.2) is 6.20 Å². The van der Waals surface area contributed by atoms with Crippen LogP contribution in [-0.2, 0) is 14.9 Å². The highest BCUT2D eigenvalue weighted by Gasteiger charge is 2.20. The standard InChI is InChI=1S/C11H16N2O3S/c1-11(2,3)10-13-5-7(17-10)9(15)12-6-8(14)16-4/h5H,6H2,1-4H3,(H,12,15). The molecule has 1 aromatic heterocycles. The van der Waals surface area contributed by atoms with Crippen molar-refractivity contribution in [1.29, 1.82) is 0 Å². The number of ether oxygens (including phenoxy) is 1. The van der Waals surface area contributed by atoms with Crippen LogP contribution in [-0.4, -0.2) is 30.5 Å². The molecule has 0 radical (unpaired) electrons. The molecule has 0 fully saturated rings. The molecule has 1 N–H and O–H groups in total. The van der Waals surface area contributed by atoms with Gasteiger partial charge in [0.1, 0.15) is 11.4 Å². The molecule has 1 amide bonds. The number of hydrogen-bond donors (Lipinski definition) is 1. The fourth-order valence-corrected chi connectivity index (χ4v) is 1.93. The summed E-state index contributed by atoms with van der Waals surface area (Å²) in [6.45, 7) is 5.96. The highest BCUT2D eigenvalue weighted by molar-refractivity contribution is 7.13. The zero-order valence-electron chi connectivity index (χ0n) is 10.4. The van der Waals surface area contributed by atoms with E-state index >= 15 is 0 Å². The van der Waals surface area contributed by atoms with Crippen LogP contribution in [0.4, 0.5) is 0 Å². The second-order valence-electron chi connectivity index (χ2n) is 4.54. The van der Waals surface area contributed by atoms with E-state index in [1.54, 1.807) is 0 Å². The number of aromatic nitrogens is 1. The number of nitrogens with one attached hydrogen (secondary N) is 1. The molecule has 0 aliphatic heterocycles. The molecular formula is C11H16N2O3S. The van der Waals surface area contributed by atoms with Crippen LogP contribution in [0.2, 0.25) is 0 Å². The first-order chi connectivity index (χ1) is 7.84. The zero-order chi connectivity index (χ0) is 13.1. The normalized spacial score (nSPS) is 11.1. The van der Waals surface area contributed by atoms with E-state index in [1.807, 2.05) is 20.8 Å². The number of methoxy groups -OCH3 is 1. The summed E-state index contributed by atoms with van der Waals surface area (Å²) in [4.78, 5) is 27.2. The molecule has 0 unspecified atom stereocenters. The minimum Gasteiger partial charge on any atom is -0.468 e. The van der Waals surface area contributed by atoms with Gasteiger partial charge in [0.25, 0.3) is 5.91 Å². The molecule has 1 heterocycles. The summed E-state index contributed by atoms with van der Waals surface area (Å²) in [6.07, 6.45) is 1.53. The average molecular weight is 256 g/mol. The SMILES string of the molecule is COC(=O)CNC(=O)c1cnc(C(C)(C)C)s1. The van der Waals surface area contributed by atoms with E-state index in [0.29, 0.717) is 4.88 Å². The Bertz CT molecular complexity index is 421. The summed E-state index contributed by atoms with van der Waals surface area (Å²) in [5, 5.41) is 3.36. The van der Waals surface area contributed by atoms with Crippen LogP contribution in [0.25, 0.3) is 0 Å². The maximum Gasteiger partial charge on any atom is 0.325 e. The van der Waals surface area contributed by atoms with Gasteiger partial charge in [0, 0.05) is 5.41 Å². The van der Waals surface area contributed by atoms with Gasteiger partial charge in [-0.15, -0.1) is 11.3 Å². The second kappa shape index (κ2) is 5.27. The van der Waals surface area contributed by atoms with Crippen molar-refractivity contribution in [2.75, 3.05) is 13.7 Å². The molecule has 0 spiro atoms. The Kier molecular flexibility index (Phi) is 4.22. The number of amides is 1. The van der Waals surface area contributed by atoms with E-state index in [9.17, 15) is 9.59 Å². The Morgan fingerprint density at radius 3 is 2.59 bits per heavy atom. The van der Waals surface area contributed by atoms with E-state index in [2.05, 4.69) is 15.0 Å². The van der Waals surface area contributed by atoms with Crippen LogP contribution >= 0.6 is 11.3 Å². The minimum absolute atomic E-state index is 0.0778. The van der Waals surface area contributed by atoms with Gasteiger partial charge in [-0.25, -0.2) is 4.98 Å². The number of nitrogens with zero attached hydrogens (tertiary/aromatic N) is 1. The molecule has 0 bridgehead atoms. The van der Waals surface area contributed by atoms with Gasteiger partial charge in [-0.2, -0.15) is 0 Å². The van der Waals surface area contributed by atoms with Crippen molar-refractivity contribution in [2.45, 2.75) is 26.2 Å². The molecule has 94 valence electrons. The van der Waals surface area contributed by atoms with Crippen LogP contribution in [0.5, 0.6) is 0 Å². The first kappa shape index (κ1) is 13.6. The number of hydrogen-bond acceptors (Lipinski definition) is 5. The van der Waals surface area contributed by atoms with E-state index in [0.717, 1.165) is 5.01 Å². The number of rotatable bonds is 3. The predicted octanol–water partition coefficient (Wildman–Crippen LogP) is 1.34. The highest BCUT2D eigenvalue weighted by Crippen LogP contribution is 2.26. The molecule has 6 heteroatoms. The fraction of sp³-hybridized carbons (Fsp3) is 0.545. The van der Waals surface area contributed by atoms with Gasteiger partial charge in [0.2, 0.25) is 0 Å². The monoisotopic (exact) mass is 256 g/mol. The second-order valence-corrected chi connectivity index (χ2v) is 5.57. The largest absolute Gasteiger partial charge is 0.468 e. The Hall–Kier alpha value is -1.43. The lowest BCUT2D eigenvalue weighted by atomic mass is 9.98. The van der Waals surface area contributed by atoms with Gasteiger partial charge >= 0.3 is 5.97 Å². The Morgan fingerprint density at radius 1 is 1.47 bits per heavy atom. The van der Waals surface area contributed by atoms with E-state index < -0.39 is 5.97 Å². The first-order valence-electron chi connectivity index (χ1n) is 5.16. The first-order valence-corrected chi connectivity index (χ1v) is 5.97. The molecule has 0 aliphatic carbocycles. The van der Waals surface area contributed by atoms with Crippen molar-refractivity contribution in [3.05, 3.63) is 16.1 Å². The van der Waals surface area contributed by atoms with E-state index in [4.69, 9.17) is 0 Å². The lowest BCUT2D eigenvalue weighted by Crippen LogP contribution is -2.29. The van der Waals surface area contributed by atoms with Crippen LogP contribution in [0.1, 0.15) is 35.5 Å². The summed E-state index contributed by atoms with van der Waals surface area (Å²) in [5.74, 6) is -0.776. The maximum absolute atomic E-state index is 11.7.